The molecule has 1 heterocycles. The lowest BCUT2D eigenvalue weighted by atomic mass is 10.1. The quantitative estimate of drug-likeness (QED) is 0.632. The van der Waals surface area contributed by atoms with Crippen LogP contribution in [0.3, 0.4) is 0 Å². The standard InChI is InChI=1S/C23H29N5O2/c1-16(2)25-22(29)18-10-11-20-19(14-18)26-21(28(20)4)15-27(3)23(30)24-13-12-17-8-6-5-7-9-17/h5-11,14,16H,12-13,15H2,1-4H3,(H,24,30)(H,25,29). The van der Waals surface area contributed by atoms with Crippen molar-refractivity contribution in [1.29, 1.82) is 0 Å². The molecule has 0 aliphatic rings. The number of amides is 3. The van der Waals surface area contributed by atoms with Crippen molar-refractivity contribution < 1.29 is 9.59 Å². The zero-order valence-electron chi connectivity index (χ0n) is 18.0. The van der Waals surface area contributed by atoms with E-state index in [0.29, 0.717) is 18.7 Å². The van der Waals surface area contributed by atoms with Gasteiger partial charge < -0.3 is 20.1 Å². The molecule has 0 aliphatic heterocycles. The van der Waals surface area contributed by atoms with Crippen molar-refractivity contribution in [3.8, 4) is 0 Å². The smallest absolute Gasteiger partial charge is 0.317 e. The molecule has 2 aromatic carbocycles. The molecule has 0 bridgehead atoms. The van der Waals surface area contributed by atoms with E-state index in [1.165, 1.54) is 5.56 Å². The largest absolute Gasteiger partial charge is 0.350 e. The monoisotopic (exact) mass is 407 g/mol. The van der Waals surface area contributed by atoms with Crippen LogP contribution in [0.5, 0.6) is 0 Å². The number of aryl methyl sites for hydroxylation is 1. The van der Waals surface area contributed by atoms with Crippen molar-refractivity contribution in [2.24, 2.45) is 7.05 Å². The summed E-state index contributed by atoms with van der Waals surface area (Å²) in [6, 6.07) is 15.5. The van der Waals surface area contributed by atoms with Gasteiger partial charge in [0.05, 0.1) is 17.6 Å². The van der Waals surface area contributed by atoms with Gasteiger partial charge in [-0.2, -0.15) is 0 Å². The molecule has 0 atom stereocenters. The van der Waals surface area contributed by atoms with Crippen LogP contribution in [0.25, 0.3) is 11.0 Å². The molecule has 0 radical (unpaired) electrons. The van der Waals surface area contributed by atoms with Gasteiger partial charge in [-0.1, -0.05) is 30.3 Å². The Morgan fingerprint density at radius 1 is 1.13 bits per heavy atom. The number of fused-ring (bicyclic) bond motifs is 1. The van der Waals surface area contributed by atoms with Crippen molar-refractivity contribution >= 4 is 23.0 Å². The van der Waals surface area contributed by atoms with Gasteiger partial charge in [0.25, 0.3) is 5.91 Å². The predicted molar refractivity (Wildman–Crippen MR) is 118 cm³/mol. The minimum atomic E-state index is -0.144. The lowest BCUT2D eigenvalue weighted by Gasteiger charge is -2.17. The van der Waals surface area contributed by atoms with Gasteiger partial charge in [-0.3, -0.25) is 4.79 Å². The van der Waals surface area contributed by atoms with Crippen molar-refractivity contribution in [1.82, 2.24) is 25.1 Å². The maximum atomic E-state index is 12.4. The molecule has 158 valence electrons. The molecule has 0 aliphatic carbocycles. The summed E-state index contributed by atoms with van der Waals surface area (Å²) in [4.78, 5) is 30.9. The van der Waals surface area contributed by atoms with E-state index in [-0.39, 0.29) is 18.0 Å². The van der Waals surface area contributed by atoms with Crippen LogP contribution in [-0.2, 0) is 20.0 Å². The molecular formula is C23H29N5O2. The molecule has 2 N–H and O–H groups in total. The van der Waals surface area contributed by atoms with Crippen molar-refractivity contribution in [2.45, 2.75) is 32.9 Å². The Bertz CT molecular complexity index is 1030. The first-order chi connectivity index (χ1) is 14.3. The highest BCUT2D eigenvalue weighted by Crippen LogP contribution is 2.18. The molecular weight excluding hydrogens is 378 g/mol. The minimum absolute atomic E-state index is 0.0709. The normalized spacial score (nSPS) is 11.0. The van der Waals surface area contributed by atoms with Crippen LogP contribution in [-0.4, -0.2) is 46.0 Å². The number of rotatable bonds is 7. The van der Waals surface area contributed by atoms with E-state index in [1.807, 2.05) is 61.9 Å². The van der Waals surface area contributed by atoms with E-state index in [4.69, 9.17) is 0 Å². The van der Waals surface area contributed by atoms with E-state index in [2.05, 4.69) is 15.6 Å². The Balaban J connectivity index is 1.63. The molecule has 0 saturated heterocycles. The average Bonchev–Trinajstić information content (AvgIpc) is 3.03. The highest BCUT2D eigenvalue weighted by Gasteiger charge is 2.15. The first-order valence-electron chi connectivity index (χ1n) is 10.1. The number of nitrogens with one attached hydrogen (secondary N) is 2. The first-order valence-corrected chi connectivity index (χ1v) is 10.1. The molecule has 3 aromatic rings. The molecule has 0 spiro atoms. The molecule has 7 heteroatoms. The molecule has 30 heavy (non-hydrogen) atoms. The summed E-state index contributed by atoms with van der Waals surface area (Å²) in [6.07, 6.45) is 0.786. The molecule has 3 rings (SSSR count). The summed E-state index contributed by atoms with van der Waals surface area (Å²) in [5, 5.41) is 5.83. The van der Waals surface area contributed by atoms with E-state index in [1.54, 1.807) is 24.1 Å². The third kappa shape index (κ3) is 5.17. The van der Waals surface area contributed by atoms with Gasteiger partial charge in [0.2, 0.25) is 0 Å². The number of nitrogens with zero attached hydrogens (tertiary/aromatic N) is 3. The Morgan fingerprint density at radius 3 is 2.57 bits per heavy atom. The summed E-state index contributed by atoms with van der Waals surface area (Å²) in [7, 11) is 3.67. The lowest BCUT2D eigenvalue weighted by molar-refractivity contribution is 0.0943. The van der Waals surface area contributed by atoms with Crippen molar-refractivity contribution in [2.75, 3.05) is 13.6 Å². The van der Waals surface area contributed by atoms with E-state index in [9.17, 15) is 9.59 Å². The maximum absolute atomic E-state index is 12.4. The Hall–Kier alpha value is -3.35. The number of hydrogen-bond acceptors (Lipinski definition) is 3. The van der Waals surface area contributed by atoms with Gasteiger partial charge in [-0.05, 0) is 44.0 Å². The average molecular weight is 408 g/mol. The number of carbonyl (C=O) groups excluding carboxylic acids is 2. The lowest BCUT2D eigenvalue weighted by Crippen LogP contribution is -2.38. The van der Waals surface area contributed by atoms with E-state index in [0.717, 1.165) is 23.3 Å². The van der Waals surface area contributed by atoms with Gasteiger partial charge in [0.1, 0.15) is 5.82 Å². The Labute approximate surface area is 177 Å². The third-order valence-corrected chi connectivity index (χ3v) is 4.91. The summed E-state index contributed by atoms with van der Waals surface area (Å²) >= 11 is 0. The molecule has 0 unspecified atom stereocenters. The molecule has 7 nitrogen and oxygen atoms in total. The summed E-state index contributed by atoms with van der Waals surface area (Å²) in [5.74, 6) is 0.640. The maximum Gasteiger partial charge on any atom is 0.317 e. The number of hydrogen-bond donors (Lipinski definition) is 2. The van der Waals surface area contributed by atoms with Gasteiger partial charge in [0, 0.05) is 32.2 Å². The van der Waals surface area contributed by atoms with Crippen molar-refractivity contribution in [3.05, 3.63) is 65.5 Å². The zero-order valence-corrected chi connectivity index (χ0v) is 18.0. The summed E-state index contributed by atoms with van der Waals surface area (Å²) in [5.41, 5.74) is 3.42. The fourth-order valence-electron chi connectivity index (χ4n) is 3.26. The van der Waals surface area contributed by atoms with Gasteiger partial charge in [-0.25, -0.2) is 9.78 Å². The number of imidazole rings is 1. The van der Waals surface area contributed by atoms with Crippen LogP contribution in [0, 0.1) is 0 Å². The van der Waals surface area contributed by atoms with Crippen LogP contribution in [0.4, 0.5) is 4.79 Å². The zero-order chi connectivity index (χ0) is 21.7. The fraction of sp³-hybridized carbons (Fsp3) is 0.348. The van der Waals surface area contributed by atoms with Crippen LogP contribution >= 0.6 is 0 Å². The fourth-order valence-corrected chi connectivity index (χ4v) is 3.26. The van der Waals surface area contributed by atoms with E-state index >= 15 is 0 Å². The molecule has 0 saturated carbocycles. The van der Waals surface area contributed by atoms with Crippen LogP contribution in [0.15, 0.2) is 48.5 Å². The second-order valence-corrected chi connectivity index (χ2v) is 7.74. The van der Waals surface area contributed by atoms with Gasteiger partial charge in [0.15, 0.2) is 0 Å². The molecule has 1 aromatic heterocycles. The third-order valence-electron chi connectivity index (χ3n) is 4.91. The SMILES string of the molecule is CC(C)NC(=O)c1ccc2c(c1)nc(CN(C)C(=O)NCCc1ccccc1)n2C. The number of aromatic nitrogens is 2. The second-order valence-electron chi connectivity index (χ2n) is 7.74. The second kappa shape index (κ2) is 9.43. The predicted octanol–water partition coefficient (Wildman–Crippen LogP) is 3.10. The van der Waals surface area contributed by atoms with Crippen LogP contribution < -0.4 is 10.6 Å². The highest BCUT2D eigenvalue weighted by molar-refractivity contribution is 5.97. The molecule has 3 amide bonds. The van der Waals surface area contributed by atoms with Crippen LogP contribution in [0.2, 0.25) is 0 Å². The summed E-state index contributed by atoms with van der Waals surface area (Å²) in [6.45, 7) is 4.80. The molecule has 0 fully saturated rings. The Kier molecular flexibility index (Phi) is 6.72. The van der Waals surface area contributed by atoms with Crippen molar-refractivity contribution in [3.63, 3.8) is 0 Å². The minimum Gasteiger partial charge on any atom is -0.350 e. The van der Waals surface area contributed by atoms with Gasteiger partial charge in [-0.15, -0.1) is 0 Å². The Morgan fingerprint density at radius 2 is 1.87 bits per heavy atom. The van der Waals surface area contributed by atoms with E-state index < -0.39 is 0 Å². The summed E-state index contributed by atoms with van der Waals surface area (Å²) < 4.78 is 1.95. The van der Waals surface area contributed by atoms with Crippen LogP contribution in [0.1, 0.15) is 35.6 Å². The highest BCUT2D eigenvalue weighted by atomic mass is 16.2. The number of urea groups is 1. The topological polar surface area (TPSA) is 79.3 Å². The number of carbonyl (C=O) groups is 2. The number of benzene rings is 2. The van der Waals surface area contributed by atoms with Gasteiger partial charge >= 0.3 is 6.03 Å². The first kappa shape index (κ1) is 21.4.